The van der Waals surface area contributed by atoms with Crippen molar-refractivity contribution in [2.24, 2.45) is 10.4 Å². The van der Waals surface area contributed by atoms with Crippen molar-refractivity contribution in [3.8, 4) is 0 Å². The fourth-order valence-electron chi connectivity index (χ4n) is 3.07. The van der Waals surface area contributed by atoms with Gasteiger partial charge in [-0.2, -0.15) is 0 Å². The molecule has 112 valence electrons. The van der Waals surface area contributed by atoms with Crippen molar-refractivity contribution in [2.45, 2.75) is 58.9 Å². The Morgan fingerprint density at radius 2 is 1.71 bits per heavy atom. The summed E-state index contributed by atoms with van der Waals surface area (Å²) in [5.41, 5.74) is 3.07. The summed E-state index contributed by atoms with van der Waals surface area (Å²) < 4.78 is 2.92. The topological polar surface area (TPSA) is 12.4 Å². The molecule has 2 aliphatic rings. The van der Waals surface area contributed by atoms with E-state index in [1.165, 1.54) is 52.3 Å². The van der Waals surface area contributed by atoms with Crippen molar-refractivity contribution in [3.05, 3.63) is 41.5 Å². The molecule has 0 atom stereocenters. The number of fused-ring (bicyclic) bond motifs is 1. The molecule has 1 aromatic carbocycles. The van der Waals surface area contributed by atoms with Crippen LogP contribution in [0.2, 0.25) is 0 Å². The SMILES string of the molecule is CC(C)(C)/C=C1/[Se]C(=NC2CCCCC2)c2ccccc21. The van der Waals surface area contributed by atoms with Crippen molar-refractivity contribution in [1.29, 1.82) is 0 Å². The van der Waals surface area contributed by atoms with Crippen LogP contribution in [-0.2, 0) is 0 Å². The van der Waals surface area contributed by atoms with E-state index in [4.69, 9.17) is 4.99 Å². The molecule has 0 N–H and O–H groups in total. The Kier molecular flexibility index (Phi) is 4.38. The summed E-state index contributed by atoms with van der Waals surface area (Å²) in [6, 6.07) is 9.44. The molecule has 0 unspecified atom stereocenters. The molecule has 1 fully saturated rings. The number of hydrogen-bond donors (Lipinski definition) is 0. The second-order valence-electron chi connectivity index (χ2n) is 7.25. The summed E-state index contributed by atoms with van der Waals surface area (Å²) in [5.74, 6) is 0. The van der Waals surface area contributed by atoms with E-state index in [0.29, 0.717) is 21.0 Å². The standard InChI is InChI=1S/C19H25NSe/c1-19(2,3)13-17-15-11-7-8-12-16(15)18(21-17)20-14-9-5-4-6-10-14/h7-8,11-14H,4-6,9-10H2,1-3H3/b17-13+,20-18?. The molecule has 2 heteroatoms. The van der Waals surface area contributed by atoms with Gasteiger partial charge in [0.25, 0.3) is 0 Å². The van der Waals surface area contributed by atoms with Gasteiger partial charge in [-0.15, -0.1) is 0 Å². The third-order valence-corrected chi connectivity index (χ3v) is 6.33. The molecule has 0 aromatic heterocycles. The van der Waals surface area contributed by atoms with E-state index in [1.54, 1.807) is 0 Å². The van der Waals surface area contributed by atoms with Gasteiger partial charge in [0.05, 0.1) is 0 Å². The number of hydrogen-bond acceptors (Lipinski definition) is 1. The predicted molar refractivity (Wildman–Crippen MR) is 93.0 cm³/mol. The molecule has 1 aliphatic heterocycles. The first-order valence-corrected chi connectivity index (χ1v) is 9.82. The third kappa shape index (κ3) is 3.67. The summed E-state index contributed by atoms with van der Waals surface area (Å²) in [4.78, 5) is 5.16. The maximum absolute atomic E-state index is 5.16. The third-order valence-electron chi connectivity index (χ3n) is 4.07. The van der Waals surface area contributed by atoms with Gasteiger partial charge in [-0.3, -0.25) is 0 Å². The minimum atomic E-state index is 0.241. The van der Waals surface area contributed by atoms with E-state index in [0.717, 1.165) is 0 Å². The molecule has 0 radical (unpaired) electrons. The van der Waals surface area contributed by atoms with Crippen molar-refractivity contribution < 1.29 is 0 Å². The van der Waals surface area contributed by atoms with E-state index in [9.17, 15) is 0 Å². The molecule has 0 saturated heterocycles. The number of nitrogens with zero attached hydrogens (tertiary/aromatic N) is 1. The average Bonchev–Trinajstić information content (AvgIpc) is 2.77. The number of rotatable bonds is 1. The van der Waals surface area contributed by atoms with E-state index < -0.39 is 0 Å². The normalized spacial score (nSPS) is 23.8. The van der Waals surface area contributed by atoms with Crippen molar-refractivity contribution in [3.63, 3.8) is 0 Å². The minimum absolute atomic E-state index is 0.241. The first-order chi connectivity index (χ1) is 10.0. The molecule has 1 nitrogen and oxygen atoms in total. The Morgan fingerprint density at radius 3 is 2.38 bits per heavy atom. The molecule has 21 heavy (non-hydrogen) atoms. The molecule has 1 saturated carbocycles. The Hall–Kier alpha value is -0.851. The van der Waals surface area contributed by atoms with Gasteiger partial charge in [-0.1, -0.05) is 0 Å². The van der Waals surface area contributed by atoms with Gasteiger partial charge in [0.15, 0.2) is 0 Å². The van der Waals surface area contributed by atoms with Crippen LogP contribution in [0.25, 0.3) is 4.47 Å². The molecule has 1 aliphatic carbocycles. The van der Waals surface area contributed by atoms with E-state index in [-0.39, 0.29) is 5.41 Å². The van der Waals surface area contributed by atoms with Crippen LogP contribution in [0, 0.1) is 5.41 Å². The van der Waals surface area contributed by atoms with E-state index in [1.807, 2.05) is 0 Å². The predicted octanol–water partition coefficient (Wildman–Crippen LogP) is 4.87. The Labute approximate surface area is 135 Å². The molecule has 0 amide bonds. The molecule has 1 aromatic rings. The number of aliphatic imine (C=N–C) groups is 1. The van der Waals surface area contributed by atoms with Crippen LogP contribution in [0.1, 0.15) is 64.0 Å². The van der Waals surface area contributed by atoms with Crippen molar-refractivity contribution in [1.82, 2.24) is 0 Å². The Balaban J connectivity index is 1.94. The zero-order chi connectivity index (χ0) is 14.9. The quantitative estimate of drug-likeness (QED) is 0.643. The maximum atomic E-state index is 5.16. The second-order valence-corrected chi connectivity index (χ2v) is 9.41. The number of benzene rings is 1. The fourth-order valence-corrected chi connectivity index (χ4v) is 6.01. The monoisotopic (exact) mass is 347 g/mol. The van der Waals surface area contributed by atoms with E-state index >= 15 is 0 Å². The molecule has 3 rings (SSSR count). The summed E-state index contributed by atoms with van der Waals surface area (Å²) >= 11 is 0.383. The van der Waals surface area contributed by atoms with Crippen molar-refractivity contribution >= 4 is 24.0 Å². The molecule has 1 heterocycles. The van der Waals surface area contributed by atoms with Crippen molar-refractivity contribution in [2.75, 3.05) is 0 Å². The first-order valence-electron chi connectivity index (χ1n) is 8.11. The zero-order valence-corrected chi connectivity index (χ0v) is 15.1. The summed E-state index contributed by atoms with van der Waals surface area (Å²) in [6.07, 6.45) is 9.16. The summed E-state index contributed by atoms with van der Waals surface area (Å²) in [7, 11) is 0. The Bertz CT molecular complexity index is 571. The van der Waals surface area contributed by atoms with Crippen LogP contribution in [0.15, 0.2) is 35.3 Å². The summed E-state index contributed by atoms with van der Waals surface area (Å²) in [5, 5.41) is 0. The van der Waals surface area contributed by atoms with Gasteiger partial charge in [0.2, 0.25) is 0 Å². The van der Waals surface area contributed by atoms with Gasteiger partial charge in [-0.25, -0.2) is 0 Å². The van der Waals surface area contributed by atoms with Crippen LogP contribution in [0.4, 0.5) is 0 Å². The Morgan fingerprint density at radius 1 is 1.05 bits per heavy atom. The summed E-state index contributed by atoms with van der Waals surface area (Å²) in [6.45, 7) is 6.86. The first kappa shape index (κ1) is 15.1. The van der Waals surface area contributed by atoms with Crippen LogP contribution in [0.5, 0.6) is 0 Å². The fraction of sp³-hybridized carbons (Fsp3) is 0.526. The van der Waals surface area contributed by atoms with Gasteiger partial charge < -0.3 is 0 Å². The van der Waals surface area contributed by atoms with Gasteiger partial charge in [0.1, 0.15) is 0 Å². The van der Waals surface area contributed by atoms with Crippen LogP contribution >= 0.6 is 0 Å². The number of allylic oxidation sites excluding steroid dienone is 1. The van der Waals surface area contributed by atoms with E-state index in [2.05, 4.69) is 51.1 Å². The average molecular weight is 346 g/mol. The van der Waals surface area contributed by atoms with Crippen LogP contribution < -0.4 is 0 Å². The molecular weight excluding hydrogens is 321 g/mol. The molecule has 0 spiro atoms. The van der Waals surface area contributed by atoms with Gasteiger partial charge in [0, 0.05) is 0 Å². The second kappa shape index (κ2) is 6.10. The van der Waals surface area contributed by atoms with Gasteiger partial charge in [-0.05, 0) is 0 Å². The molecule has 0 bridgehead atoms. The molecular formula is C19H25NSe. The van der Waals surface area contributed by atoms with Gasteiger partial charge >= 0.3 is 135 Å². The van der Waals surface area contributed by atoms with Crippen LogP contribution in [-0.4, -0.2) is 25.6 Å². The zero-order valence-electron chi connectivity index (χ0n) is 13.4. The van der Waals surface area contributed by atoms with Crippen LogP contribution in [0.3, 0.4) is 0 Å².